The van der Waals surface area contributed by atoms with Gasteiger partial charge in [0.2, 0.25) is 0 Å². The maximum atomic E-state index is 11.0. The molecule has 2 aromatic carbocycles. The number of nitrogens with one attached hydrogen (secondary N) is 1. The highest BCUT2D eigenvalue weighted by Crippen LogP contribution is 2.50. The van der Waals surface area contributed by atoms with Gasteiger partial charge in [-0.1, -0.05) is 37.3 Å². The van der Waals surface area contributed by atoms with Crippen molar-refractivity contribution in [1.29, 1.82) is 0 Å². The van der Waals surface area contributed by atoms with E-state index in [4.69, 9.17) is 4.74 Å². The number of benzene rings is 2. The summed E-state index contributed by atoms with van der Waals surface area (Å²) in [4.78, 5) is 0. The molecule has 0 aromatic heterocycles. The van der Waals surface area contributed by atoms with Crippen LogP contribution in [0.25, 0.3) is 0 Å². The summed E-state index contributed by atoms with van der Waals surface area (Å²) in [7, 11) is 1.70. The van der Waals surface area contributed by atoms with Crippen LogP contribution in [-0.2, 0) is 11.8 Å². The lowest BCUT2D eigenvalue weighted by Gasteiger charge is -2.45. The van der Waals surface area contributed by atoms with Gasteiger partial charge in [0.05, 0.1) is 12.5 Å². The van der Waals surface area contributed by atoms with Crippen LogP contribution >= 0.6 is 0 Å². The maximum absolute atomic E-state index is 11.0. The molecule has 0 bridgehead atoms. The zero-order valence-electron chi connectivity index (χ0n) is 15.0. The molecule has 0 amide bonds. The first-order valence-electron chi connectivity index (χ1n) is 8.96. The Bertz CT molecular complexity index is 842. The third-order valence-electron chi connectivity index (χ3n) is 5.94. The Morgan fingerprint density at radius 1 is 1.16 bits per heavy atom. The second-order valence-electron chi connectivity index (χ2n) is 7.33. The lowest BCUT2D eigenvalue weighted by molar-refractivity contribution is 0.235. The summed E-state index contributed by atoms with van der Waals surface area (Å²) >= 11 is 0. The molecule has 3 heteroatoms. The fraction of sp³-hybridized carbons (Fsp3) is 0.364. The molecule has 130 valence electrons. The Balaban J connectivity index is 1.91. The molecule has 3 nitrogen and oxygen atoms in total. The number of hydrogen-bond donors (Lipinski definition) is 2. The normalized spacial score (nSPS) is 27.9. The van der Waals surface area contributed by atoms with Gasteiger partial charge in [-0.3, -0.25) is 0 Å². The maximum Gasteiger partial charge on any atom is 0.119 e. The van der Waals surface area contributed by atoms with Gasteiger partial charge in [-0.2, -0.15) is 0 Å². The minimum atomic E-state index is -0.495. The standard InChI is InChI=1S/C22H25NO2/c1-14-12-20(24)22(2,19-9-8-16(25-3)13-18(14)19)21-17-7-5-4-6-15(17)10-11-23-21/h4-9,12-14,21,23-24H,10-11H2,1-3H3. The average Bonchev–Trinajstić information content (AvgIpc) is 2.65. The molecule has 1 aliphatic heterocycles. The van der Waals surface area contributed by atoms with Crippen LogP contribution in [0.15, 0.2) is 54.3 Å². The summed E-state index contributed by atoms with van der Waals surface area (Å²) in [6.07, 6.45) is 3.01. The topological polar surface area (TPSA) is 41.5 Å². The Labute approximate surface area is 149 Å². The van der Waals surface area contributed by atoms with E-state index in [1.54, 1.807) is 7.11 Å². The number of hydrogen-bond acceptors (Lipinski definition) is 3. The molecule has 0 saturated heterocycles. The van der Waals surface area contributed by atoms with Crippen molar-refractivity contribution in [3.63, 3.8) is 0 Å². The van der Waals surface area contributed by atoms with Gasteiger partial charge < -0.3 is 15.2 Å². The second kappa shape index (κ2) is 5.92. The predicted octanol–water partition coefficient (Wildman–Crippen LogP) is 4.40. The zero-order chi connectivity index (χ0) is 17.6. The number of methoxy groups -OCH3 is 1. The van der Waals surface area contributed by atoms with Gasteiger partial charge in [0.1, 0.15) is 11.5 Å². The van der Waals surface area contributed by atoms with E-state index in [2.05, 4.69) is 55.6 Å². The fourth-order valence-electron chi connectivity index (χ4n) is 4.48. The Kier molecular flexibility index (Phi) is 3.84. The smallest absolute Gasteiger partial charge is 0.119 e. The SMILES string of the molecule is COc1ccc2c(c1)C(C)C=C(O)C2(C)C1NCCc2ccccc21. The highest BCUT2D eigenvalue weighted by atomic mass is 16.5. The summed E-state index contributed by atoms with van der Waals surface area (Å²) in [6.45, 7) is 5.19. The van der Waals surface area contributed by atoms with E-state index in [0.717, 1.165) is 18.7 Å². The van der Waals surface area contributed by atoms with Crippen molar-refractivity contribution in [3.8, 4) is 5.75 Å². The Hall–Kier alpha value is -2.26. The van der Waals surface area contributed by atoms with Crippen LogP contribution in [0.3, 0.4) is 0 Å². The van der Waals surface area contributed by atoms with E-state index in [1.165, 1.54) is 22.3 Å². The minimum absolute atomic E-state index is 0.0494. The van der Waals surface area contributed by atoms with Gasteiger partial charge in [-0.25, -0.2) is 0 Å². The van der Waals surface area contributed by atoms with Crippen molar-refractivity contribution in [2.45, 2.75) is 37.6 Å². The first-order chi connectivity index (χ1) is 12.1. The Morgan fingerprint density at radius 2 is 1.96 bits per heavy atom. The molecule has 0 saturated carbocycles. The molecule has 0 radical (unpaired) electrons. The fourth-order valence-corrected chi connectivity index (χ4v) is 4.48. The third-order valence-corrected chi connectivity index (χ3v) is 5.94. The van der Waals surface area contributed by atoms with Crippen molar-refractivity contribution in [3.05, 3.63) is 76.6 Å². The Morgan fingerprint density at radius 3 is 2.76 bits per heavy atom. The summed E-state index contributed by atoms with van der Waals surface area (Å²) in [5, 5.41) is 14.7. The molecule has 2 aliphatic rings. The molecule has 3 atom stereocenters. The van der Waals surface area contributed by atoms with Gasteiger partial charge >= 0.3 is 0 Å². The number of rotatable bonds is 2. The van der Waals surface area contributed by atoms with E-state index in [1.807, 2.05) is 12.1 Å². The molecular weight excluding hydrogens is 310 g/mol. The van der Waals surface area contributed by atoms with Crippen molar-refractivity contribution in [2.24, 2.45) is 0 Å². The van der Waals surface area contributed by atoms with Crippen LogP contribution in [0.5, 0.6) is 5.75 Å². The highest BCUT2D eigenvalue weighted by molar-refractivity contribution is 5.53. The third kappa shape index (κ3) is 2.37. The molecule has 0 fully saturated rings. The molecule has 4 rings (SSSR count). The van der Waals surface area contributed by atoms with E-state index in [9.17, 15) is 5.11 Å². The number of fused-ring (bicyclic) bond motifs is 2. The van der Waals surface area contributed by atoms with E-state index < -0.39 is 5.41 Å². The summed E-state index contributed by atoms with van der Waals surface area (Å²) in [5.41, 5.74) is 4.56. The second-order valence-corrected chi connectivity index (χ2v) is 7.33. The molecule has 25 heavy (non-hydrogen) atoms. The van der Waals surface area contributed by atoms with Gasteiger partial charge in [0.15, 0.2) is 0 Å². The molecule has 1 aliphatic carbocycles. The largest absolute Gasteiger partial charge is 0.512 e. The molecule has 3 unspecified atom stereocenters. The van der Waals surface area contributed by atoms with Crippen molar-refractivity contribution < 1.29 is 9.84 Å². The lowest BCUT2D eigenvalue weighted by atomic mass is 9.64. The van der Waals surface area contributed by atoms with Crippen molar-refractivity contribution >= 4 is 0 Å². The number of aliphatic hydroxyl groups excluding tert-OH is 1. The first kappa shape index (κ1) is 16.2. The van der Waals surface area contributed by atoms with Crippen LogP contribution in [-0.4, -0.2) is 18.8 Å². The zero-order valence-corrected chi connectivity index (χ0v) is 15.0. The molecule has 2 aromatic rings. The molecule has 1 heterocycles. The first-order valence-corrected chi connectivity index (χ1v) is 8.96. The van der Waals surface area contributed by atoms with Gasteiger partial charge in [0, 0.05) is 12.0 Å². The molecule has 2 N–H and O–H groups in total. The highest BCUT2D eigenvalue weighted by Gasteiger charge is 2.46. The lowest BCUT2D eigenvalue weighted by Crippen LogP contribution is -2.46. The van der Waals surface area contributed by atoms with E-state index >= 15 is 0 Å². The summed E-state index contributed by atoms with van der Waals surface area (Å²) in [5.74, 6) is 1.48. The number of allylic oxidation sites excluding steroid dienone is 1. The summed E-state index contributed by atoms with van der Waals surface area (Å²) in [6, 6.07) is 14.8. The van der Waals surface area contributed by atoms with Crippen LogP contribution in [0.2, 0.25) is 0 Å². The predicted molar refractivity (Wildman–Crippen MR) is 100 cm³/mol. The van der Waals surface area contributed by atoms with Gasteiger partial charge in [-0.05, 0) is 60.4 Å². The quantitative estimate of drug-likeness (QED) is 0.855. The van der Waals surface area contributed by atoms with E-state index in [0.29, 0.717) is 5.76 Å². The minimum Gasteiger partial charge on any atom is -0.512 e. The van der Waals surface area contributed by atoms with E-state index in [-0.39, 0.29) is 12.0 Å². The van der Waals surface area contributed by atoms with Crippen LogP contribution in [0.1, 0.15) is 48.1 Å². The van der Waals surface area contributed by atoms with Gasteiger partial charge in [-0.15, -0.1) is 0 Å². The average molecular weight is 335 g/mol. The number of ether oxygens (including phenoxy) is 1. The van der Waals surface area contributed by atoms with Crippen LogP contribution < -0.4 is 10.1 Å². The number of aliphatic hydroxyl groups is 1. The summed E-state index contributed by atoms with van der Waals surface area (Å²) < 4.78 is 5.43. The van der Waals surface area contributed by atoms with Crippen molar-refractivity contribution in [2.75, 3.05) is 13.7 Å². The van der Waals surface area contributed by atoms with Gasteiger partial charge in [0.25, 0.3) is 0 Å². The van der Waals surface area contributed by atoms with Crippen LogP contribution in [0.4, 0.5) is 0 Å². The van der Waals surface area contributed by atoms with Crippen molar-refractivity contribution in [1.82, 2.24) is 5.32 Å². The molecule has 0 spiro atoms. The molecular formula is C22H25NO2. The monoisotopic (exact) mass is 335 g/mol. The van der Waals surface area contributed by atoms with Crippen LogP contribution in [0, 0.1) is 0 Å².